The molecule has 0 unspecified atom stereocenters. The molecule has 1 fully saturated rings. The predicted molar refractivity (Wildman–Crippen MR) is 106 cm³/mol. The van der Waals surface area contributed by atoms with Crippen molar-refractivity contribution in [3.8, 4) is 5.75 Å². The predicted octanol–water partition coefficient (Wildman–Crippen LogP) is 2.87. The lowest BCUT2D eigenvalue weighted by Crippen LogP contribution is -2.48. The molecule has 3 rings (SSSR count). The Kier molecular flexibility index (Phi) is 6.25. The third-order valence-electron chi connectivity index (χ3n) is 3.87. The quantitative estimate of drug-likeness (QED) is 0.499. The number of benzene rings is 1. The van der Waals surface area contributed by atoms with E-state index >= 15 is 0 Å². The van der Waals surface area contributed by atoms with Crippen LogP contribution < -0.4 is 20.5 Å². The second-order valence-corrected chi connectivity index (χ2v) is 8.33. The number of amides is 3. The minimum atomic E-state index is -0.805. The van der Waals surface area contributed by atoms with Gasteiger partial charge in [0.15, 0.2) is 0 Å². The second-order valence-electron chi connectivity index (χ2n) is 5.87. The number of hydrogen-bond donors (Lipinski definition) is 2. The van der Waals surface area contributed by atoms with Gasteiger partial charge in [0.05, 0.1) is 27.4 Å². The largest absolute Gasteiger partial charge is 0.494 e. The van der Waals surface area contributed by atoms with Crippen LogP contribution >= 0.6 is 27.3 Å². The normalized spacial score (nSPS) is 16.7. The summed E-state index contributed by atoms with van der Waals surface area (Å²) in [6.07, 6.45) is 0.869. The van der Waals surface area contributed by atoms with Gasteiger partial charge in [0.1, 0.15) is 11.8 Å². The number of rotatable bonds is 7. The Labute approximate surface area is 168 Å². The molecule has 0 aliphatic carbocycles. The number of halogens is 1. The standard InChI is InChI=1S/C18H18BrN3O4S/c1-2-9-26-12-5-3-11(4-6-12)22-16(23)10-13(18(22)25)20-21-17(24)14-7-8-15(19)27-14/h3-8,13,20H,2,9-10H2,1H3,(H,21,24)/t13-/m0/s1. The van der Waals surface area contributed by atoms with E-state index in [2.05, 4.69) is 26.8 Å². The van der Waals surface area contributed by atoms with Gasteiger partial charge in [-0.25, -0.2) is 10.3 Å². The molecule has 1 saturated heterocycles. The van der Waals surface area contributed by atoms with Crippen molar-refractivity contribution in [1.29, 1.82) is 0 Å². The van der Waals surface area contributed by atoms with E-state index in [9.17, 15) is 14.4 Å². The fourth-order valence-electron chi connectivity index (χ4n) is 2.58. The molecule has 0 bridgehead atoms. The van der Waals surface area contributed by atoms with E-state index in [0.29, 0.717) is 22.9 Å². The maximum atomic E-state index is 12.6. The fourth-order valence-corrected chi connectivity index (χ4v) is 3.86. The minimum Gasteiger partial charge on any atom is -0.494 e. The van der Waals surface area contributed by atoms with Gasteiger partial charge in [0.2, 0.25) is 5.91 Å². The van der Waals surface area contributed by atoms with E-state index < -0.39 is 11.9 Å². The van der Waals surface area contributed by atoms with Crippen LogP contribution in [0, 0.1) is 0 Å². The summed E-state index contributed by atoms with van der Waals surface area (Å²) in [6, 6.07) is 9.42. The van der Waals surface area contributed by atoms with Gasteiger partial charge in [0.25, 0.3) is 11.8 Å². The van der Waals surface area contributed by atoms with E-state index in [1.807, 2.05) is 6.92 Å². The van der Waals surface area contributed by atoms with Crippen molar-refractivity contribution in [3.63, 3.8) is 0 Å². The van der Waals surface area contributed by atoms with E-state index in [4.69, 9.17) is 4.74 Å². The number of nitrogens with zero attached hydrogens (tertiary/aromatic N) is 1. The van der Waals surface area contributed by atoms with Crippen molar-refractivity contribution in [1.82, 2.24) is 10.9 Å². The average molecular weight is 452 g/mol. The molecular weight excluding hydrogens is 434 g/mol. The maximum Gasteiger partial charge on any atom is 0.275 e. The summed E-state index contributed by atoms with van der Waals surface area (Å²) in [6.45, 7) is 2.62. The third kappa shape index (κ3) is 4.55. The van der Waals surface area contributed by atoms with Crippen LogP contribution in [0.2, 0.25) is 0 Å². The number of nitrogens with one attached hydrogen (secondary N) is 2. The Balaban J connectivity index is 1.61. The molecule has 27 heavy (non-hydrogen) atoms. The summed E-state index contributed by atoms with van der Waals surface area (Å²) < 4.78 is 6.34. The summed E-state index contributed by atoms with van der Waals surface area (Å²) in [7, 11) is 0. The Hall–Kier alpha value is -2.23. The molecular formula is C18H18BrN3O4S. The minimum absolute atomic E-state index is 0.0265. The Morgan fingerprint density at radius 1 is 1.26 bits per heavy atom. The first-order valence-electron chi connectivity index (χ1n) is 8.40. The second kappa shape index (κ2) is 8.64. The Morgan fingerprint density at radius 3 is 2.63 bits per heavy atom. The molecule has 7 nitrogen and oxygen atoms in total. The van der Waals surface area contributed by atoms with Crippen molar-refractivity contribution >= 4 is 50.7 Å². The van der Waals surface area contributed by atoms with Crippen LogP contribution in [0.1, 0.15) is 29.4 Å². The zero-order valence-electron chi connectivity index (χ0n) is 14.5. The summed E-state index contributed by atoms with van der Waals surface area (Å²) in [5.74, 6) is -0.409. The average Bonchev–Trinajstić information content (AvgIpc) is 3.21. The van der Waals surface area contributed by atoms with Gasteiger partial charge in [-0.1, -0.05) is 6.92 Å². The Bertz CT molecular complexity index is 853. The first-order valence-corrected chi connectivity index (χ1v) is 10.0. The summed E-state index contributed by atoms with van der Waals surface area (Å²) >= 11 is 4.57. The van der Waals surface area contributed by atoms with Crippen LogP contribution in [0.4, 0.5) is 5.69 Å². The highest BCUT2D eigenvalue weighted by Gasteiger charge is 2.39. The number of thiophene rings is 1. The SMILES string of the molecule is CCCOc1ccc(N2C(=O)C[C@H](NNC(=O)c3ccc(Br)s3)C2=O)cc1. The van der Waals surface area contributed by atoms with Gasteiger partial charge in [0, 0.05) is 0 Å². The first kappa shape index (κ1) is 19.5. The molecule has 0 spiro atoms. The maximum absolute atomic E-state index is 12.6. The fraction of sp³-hybridized carbons (Fsp3) is 0.278. The van der Waals surface area contributed by atoms with Crippen LogP contribution in [0.15, 0.2) is 40.2 Å². The molecule has 2 aromatic rings. The highest BCUT2D eigenvalue weighted by molar-refractivity contribution is 9.11. The van der Waals surface area contributed by atoms with Gasteiger partial charge in [-0.05, 0) is 58.7 Å². The number of hydrogen-bond acceptors (Lipinski definition) is 6. The Morgan fingerprint density at radius 2 is 2.00 bits per heavy atom. The van der Waals surface area contributed by atoms with Crippen molar-refractivity contribution in [2.24, 2.45) is 0 Å². The topological polar surface area (TPSA) is 87.7 Å². The smallest absolute Gasteiger partial charge is 0.275 e. The summed E-state index contributed by atoms with van der Waals surface area (Å²) in [5.41, 5.74) is 5.63. The highest BCUT2D eigenvalue weighted by atomic mass is 79.9. The summed E-state index contributed by atoms with van der Waals surface area (Å²) in [4.78, 5) is 38.6. The van der Waals surface area contributed by atoms with E-state index in [1.165, 1.54) is 11.3 Å². The summed E-state index contributed by atoms with van der Waals surface area (Å²) in [5, 5.41) is 0. The first-order chi connectivity index (χ1) is 13.0. The molecule has 0 saturated carbocycles. The number of carbonyl (C=O) groups is 3. The third-order valence-corrected chi connectivity index (χ3v) is 5.49. The van der Waals surface area contributed by atoms with Crippen LogP contribution in [0.5, 0.6) is 5.75 Å². The lowest BCUT2D eigenvalue weighted by atomic mass is 10.2. The lowest BCUT2D eigenvalue weighted by Gasteiger charge is -2.16. The number of carbonyl (C=O) groups excluding carboxylic acids is 3. The zero-order valence-corrected chi connectivity index (χ0v) is 16.9. The highest BCUT2D eigenvalue weighted by Crippen LogP contribution is 2.25. The monoisotopic (exact) mass is 451 g/mol. The van der Waals surface area contributed by atoms with E-state index in [1.54, 1.807) is 36.4 Å². The van der Waals surface area contributed by atoms with E-state index in [0.717, 1.165) is 15.1 Å². The molecule has 1 aliphatic heterocycles. The molecule has 1 aromatic carbocycles. The van der Waals surface area contributed by atoms with Crippen LogP contribution in [-0.4, -0.2) is 30.4 Å². The molecule has 1 atom stereocenters. The van der Waals surface area contributed by atoms with Crippen LogP contribution in [-0.2, 0) is 9.59 Å². The molecule has 1 aromatic heterocycles. The van der Waals surface area contributed by atoms with Gasteiger partial charge < -0.3 is 4.74 Å². The number of hydrazine groups is 1. The number of ether oxygens (including phenoxy) is 1. The molecule has 0 radical (unpaired) electrons. The van der Waals surface area contributed by atoms with Gasteiger partial charge in [-0.3, -0.25) is 19.8 Å². The van der Waals surface area contributed by atoms with Crippen molar-refractivity contribution in [3.05, 3.63) is 45.1 Å². The zero-order chi connectivity index (χ0) is 19.4. The van der Waals surface area contributed by atoms with Gasteiger partial charge >= 0.3 is 0 Å². The molecule has 142 valence electrons. The van der Waals surface area contributed by atoms with E-state index in [-0.39, 0.29) is 18.2 Å². The van der Waals surface area contributed by atoms with Crippen molar-refractivity contribution in [2.45, 2.75) is 25.8 Å². The van der Waals surface area contributed by atoms with Crippen LogP contribution in [0.3, 0.4) is 0 Å². The van der Waals surface area contributed by atoms with Crippen molar-refractivity contribution < 1.29 is 19.1 Å². The molecule has 2 N–H and O–H groups in total. The van der Waals surface area contributed by atoms with Crippen LogP contribution in [0.25, 0.3) is 0 Å². The lowest BCUT2D eigenvalue weighted by molar-refractivity contribution is -0.121. The molecule has 9 heteroatoms. The van der Waals surface area contributed by atoms with Gasteiger partial charge in [-0.2, -0.15) is 0 Å². The number of anilines is 1. The molecule has 1 aliphatic rings. The van der Waals surface area contributed by atoms with Gasteiger partial charge in [-0.15, -0.1) is 11.3 Å². The molecule has 3 amide bonds. The van der Waals surface area contributed by atoms with Crippen molar-refractivity contribution in [2.75, 3.05) is 11.5 Å². The molecule has 2 heterocycles. The number of imide groups is 1.